The van der Waals surface area contributed by atoms with Gasteiger partial charge in [-0.15, -0.1) is 0 Å². The molecule has 0 unspecified atom stereocenters. The number of hydrogen-bond acceptors (Lipinski definition) is 4. The Balaban J connectivity index is 1.71. The summed E-state index contributed by atoms with van der Waals surface area (Å²) in [6.45, 7) is 0.820. The van der Waals surface area contributed by atoms with Crippen LogP contribution in [0.4, 0.5) is 8.78 Å². The standard InChI is InChI=1S/C17H16F2N2O4/c18-11-2-1-3-12(19)15(11)16-20-13(9-25-16)17(24)21-6-4-10(5-7-21)8-14(22)23/h1-3,9-10H,4-8H2,(H,22,23). The third-order valence-electron chi connectivity index (χ3n) is 4.26. The van der Waals surface area contributed by atoms with E-state index in [1.165, 1.54) is 11.0 Å². The summed E-state index contributed by atoms with van der Waals surface area (Å²) in [7, 11) is 0. The lowest BCUT2D eigenvalue weighted by Crippen LogP contribution is -2.39. The summed E-state index contributed by atoms with van der Waals surface area (Å²) in [5.41, 5.74) is -0.448. The minimum Gasteiger partial charge on any atom is -0.481 e. The SMILES string of the molecule is O=C(O)CC1CCN(C(=O)c2coc(-c3c(F)cccc3F)n2)CC1. The lowest BCUT2D eigenvalue weighted by atomic mass is 9.93. The number of nitrogens with zero attached hydrogens (tertiary/aromatic N) is 2. The van der Waals surface area contributed by atoms with Gasteiger partial charge in [-0.2, -0.15) is 0 Å². The zero-order chi connectivity index (χ0) is 18.0. The predicted octanol–water partition coefficient (Wildman–Crippen LogP) is 2.95. The van der Waals surface area contributed by atoms with E-state index in [0.717, 1.165) is 18.4 Å². The molecular weight excluding hydrogens is 334 g/mol. The molecule has 1 fully saturated rings. The van der Waals surface area contributed by atoms with Crippen LogP contribution in [0.15, 0.2) is 28.9 Å². The molecule has 1 aromatic carbocycles. The summed E-state index contributed by atoms with van der Waals surface area (Å²) in [5.74, 6) is -3.15. The van der Waals surface area contributed by atoms with Crippen molar-refractivity contribution in [2.45, 2.75) is 19.3 Å². The summed E-state index contributed by atoms with van der Waals surface area (Å²) in [4.78, 5) is 28.6. The van der Waals surface area contributed by atoms with Gasteiger partial charge in [0.25, 0.3) is 5.91 Å². The van der Waals surface area contributed by atoms with Crippen molar-refractivity contribution in [3.63, 3.8) is 0 Å². The number of rotatable bonds is 4. The van der Waals surface area contributed by atoms with Crippen LogP contribution in [0, 0.1) is 17.6 Å². The van der Waals surface area contributed by atoms with E-state index in [1.807, 2.05) is 0 Å². The minimum atomic E-state index is -0.849. The smallest absolute Gasteiger partial charge is 0.303 e. The molecule has 8 heteroatoms. The molecule has 0 aliphatic carbocycles. The van der Waals surface area contributed by atoms with Crippen LogP contribution in [0.5, 0.6) is 0 Å². The zero-order valence-electron chi connectivity index (χ0n) is 13.2. The zero-order valence-corrected chi connectivity index (χ0v) is 13.2. The number of carbonyl (C=O) groups excluding carboxylic acids is 1. The quantitative estimate of drug-likeness (QED) is 0.916. The van der Waals surface area contributed by atoms with Crippen LogP contribution in [0.25, 0.3) is 11.5 Å². The molecule has 1 aliphatic heterocycles. The molecule has 0 bridgehead atoms. The van der Waals surface area contributed by atoms with Gasteiger partial charge in [-0.3, -0.25) is 9.59 Å². The lowest BCUT2D eigenvalue weighted by Gasteiger charge is -2.30. The van der Waals surface area contributed by atoms with Crippen molar-refractivity contribution < 1.29 is 27.9 Å². The molecule has 3 rings (SSSR count). The van der Waals surface area contributed by atoms with Gasteiger partial charge in [0, 0.05) is 19.5 Å². The molecular formula is C17H16F2N2O4. The monoisotopic (exact) mass is 350 g/mol. The van der Waals surface area contributed by atoms with Crippen molar-refractivity contribution in [2.24, 2.45) is 5.92 Å². The van der Waals surface area contributed by atoms with Crippen molar-refractivity contribution in [3.8, 4) is 11.5 Å². The molecule has 0 atom stereocenters. The van der Waals surface area contributed by atoms with Crippen molar-refractivity contribution in [3.05, 3.63) is 41.8 Å². The Morgan fingerprint density at radius 3 is 2.48 bits per heavy atom. The molecule has 0 radical (unpaired) electrons. The molecule has 1 aliphatic rings. The summed E-state index contributed by atoms with van der Waals surface area (Å²) in [6.07, 6.45) is 2.34. The van der Waals surface area contributed by atoms with E-state index in [9.17, 15) is 18.4 Å². The van der Waals surface area contributed by atoms with Gasteiger partial charge in [-0.1, -0.05) is 6.07 Å². The highest BCUT2D eigenvalue weighted by atomic mass is 19.1. The Bertz CT molecular complexity index is 777. The van der Waals surface area contributed by atoms with Gasteiger partial charge < -0.3 is 14.4 Å². The van der Waals surface area contributed by atoms with Crippen LogP contribution in [-0.4, -0.2) is 40.0 Å². The highest BCUT2D eigenvalue weighted by Gasteiger charge is 2.27. The maximum absolute atomic E-state index is 13.8. The molecule has 2 aromatic rings. The number of carboxylic acid groups (broad SMARTS) is 1. The van der Waals surface area contributed by atoms with Gasteiger partial charge in [0.1, 0.15) is 23.5 Å². The van der Waals surface area contributed by atoms with Crippen LogP contribution in [-0.2, 0) is 4.79 Å². The van der Waals surface area contributed by atoms with Crippen LogP contribution >= 0.6 is 0 Å². The van der Waals surface area contributed by atoms with Gasteiger partial charge >= 0.3 is 5.97 Å². The number of amides is 1. The van der Waals surface area contributed by atoms with Crippen molar-refractivity contribution in [1.29, 1.82) is 0 Å². The maximum Gasteiger partial charge on any atom is 0.303 e. The second kappa shape index (κ2) is 7.00. The van der Waals surface area contributed by atoms with E-state index >= 15 is 0 Å². The summed E-state index contributed by atoms with van der Waals surface area (Å²) in [6, 6.07) is 3.39. The number of benzene rings is 1. The normalized spacial score (nSPS) is 15.4. The van der Waals surface area contributed by atoms with Crippen molar-refractivity contribution in [1.82, 2.24) is 9.88 Å². The van der Waals surface area contributed by atoms with E-state index in [-0.39, 0.29) is 23.9 Å². The van der Waals surface area contributed by atoms with Gasteiger partial charge in [0.2, 0.25) is 5.89 Å². The number of halogens is 2. The number of carboxylic acids is 1. The fourth-order valence-corrected chi connectivity index (χ4v) is 2.94. The highest BCUT2D eigenvalue weighted by molar-refractivity contribution is 5.92. The molecule has 6 nitrogen and oxygen atoms in total. The Morgan fingerprint density at radius 1 is 1.24 bits per heavy atom. The third kappa shape index (κ3) is 3.67. The maximum atomic E-state index is 13.8. The number of hydrogen-bond donors (Lipinski definition) is 1. The largest absolute Gasteiger partial charge is 0.481 e. The summed E-state index contributed by atoms with van der Waals surface area (Å²) < 4.78 is 32.6. The molecule has 0 saturated carbocycles. The minimum absolute atomic E-state index is 0.0330. The first-order valence-electron chi connectivity index (χ1n) is 7.86. The molecule has 132 valence electrons. The van der Waals surface area contributed by atoms with Crippen LogP contribution < -0.4 is 0 Å². The van der Waals surface area contributed by atoms with E-state index < -0.39 is 29.1 Å². The molecule has 1 amide bonds. The first kappa shape index (κ1) is 17.1. The highest BCUT2D eigenvalue weighted by Crippen LogP contribution is 2.26. The summed E-state index contributed by atoms with van der Waals surface area (Å²) in [5, 5.41) is 8.81. The van der Waals surface area contributed by atoms with E-state index in [4.69, 9.17) is 9.52 Å². The topological polar surface area (TPSA) is 83.6 Å². The number of likely N-dealkylation sites (tertiary alicyclic amines) is 1. The van der Waals surface area contributed by atoms with Crippen LogP contribution in [0.2, 0.25) is 0 Å². The molecule has 1 aromatic heterocycles. The number of carbonyl (C=O) groups is 2. The van der Waals surface area contributed by atoms with Gasteiger partial charge in [-0.05, 0) is 30.9 Å². The molecule has 1 saturated heterocycles. The Kier molecular flexibility index (Phi) is 4.78. The van der Waals surface area contributed by atoms with Crippen LogP contribution in [0.1, 0.15) is 29.8 Å². The molecule has 0 spiro atoms. The average Bonchev–Trinajstić information content (AvgIpc) is 3.04. The molecule has 2 heterocycles. The fourth-order valence-electron chi connectivity index (χ4n) is 2.94. The Hall–Kier alpha value is -2.77. The fraction of sp³-hybridized carbons (Fsp3) is 0.353. The first-order chi connectivity index (χ1) is 12.0. The van der Waals surface area contributed by atoms with Gasteiger partial charge in [-0.25, -0.2) is 13.8 Å². The Morgan fingerprint density at radius 2 is 1.88 bits per heavy atom. The predicted molar refractivity (Wildman–Crippen MR) is 82.7 cm³/mol. The first-order valence-corrected chi connectivity index (χ1v) is 7.86. The number of aliphatic carboxylic acids is 1. The number of aromatic nitrogens is 1. The van der Waals surface area contributed by atoms with E-state index in [1.54, 1.807) is 0 Å². The van der Waals surface area contributed by atoms with E-state index in [2.05, 4.69) is 4.98 Å². The van der Waals surface area contributed by atoms with Crippen molar-refractivity contribution >= 4 is 11.9 Å². The molecule has 25 heavy (non-hydrogen) atoms. The van der Waals surface area contributed by atoms with Gasteiger partial charge in [0.15, 0.2) is 5.69 Å². The van der Waals surface area contributed by atoms with E-state index in [0.29, 0.717) is 25.9 Å². The van der Waals surface area contributed by atoms with Crippen LogP contribution in [0.3, 0.4) is 0 Å². The molecule has 1 N–H and O–H groups in total. The van der Waals surface area contributed by atoms with Gasteiger partial charge in [0.05, 0.1) is 0 Å². The average molecular weight is 350 g/mol. The van der Waals surface area contributed by atoms with Crippen molar-refractivity contribution in [2.75, 3.05) is 13.1 Å². The summed E-state index contributed by atoms with van der Waals surface area (Å²) >= 11 is 0. The second-order valence-corrected chi connectivity index (χ2v) is 5.97. The number of piperidine rings is 1. The lowest BCUT2D eigenvalue weighted by molar-refractivity contribution is -0.138. The number of oxazole rings is 1. The Labute approximate surface area is 142 Å². The third-order valence-corrected chi connectivity index (χ3v) is 4.26. The second-order valence-electron chi connectivity index (χ2n) is 5.97.